The average molecular weight is 367 g/mol. The van der Waals surface area contributed by atoms with Gasteiger partial charge < -0.3 is 23.8 Å². The Labute approximate surface area is 153 Å². The maximum atomic E-state index is 12.7. The number of carbonyl (C=O) groups excluding carboxylic acids is 1. The zero-order valence-electron chi connectivity index (χ0n) is 14.6. The summed E-state index contributed by atoms with van der Waals surface area (Å²) in [6.07, 6.45) is 3.72. The van der Waals surface area contributed by atoms with E-state index in [-0.39, 0.29) is 18.3 Å². The van der Waals surface area contributed by atoms with E-state index >= 15 is 0 Å². The first-order chi connectivity index (χ1) is 11.6. The van der Waals surface area contributed by atoms with Crippen molar-refractivity contribution in [3.63, 3.8) is 0 Å². The summed E-state index contributed by atoms with van der Waals surface area (Å²) in [4.78, 5) is 21.1. The number of aryl methyl sites for hydroxylation is 1. The second-order valence-electron chi connectivity index (χ2n) is 5.69. The summed E-state index contributed by atoms with van der Waals surface area (Å²) in [6, 6.07) is 5.26. The highest BCUT2D eigenvalue weighted by Crippen LogP contribution is 2.28. The van der Waals surface area contributed by atoms with Gasteiger partial charge in [-0.2, -0.15) is 0 Å². The molecule has 0 atom stereocenters. The van der Waals surface area contributed by atoms with Gasteiger partial charge in [0.15, 0.2) is 11.5 Å². The predicted octanol–water partition coefficient (Wildman–Crippen LogP) is 1.82. The summed E-state index contributed by atoms with van der Waals surface area (Å²) in [7, 11) is 5.12. The average Bonchev–Trinajstić information content (AvgIpc) is 3.06. The number of halogens is 1. The van der Waals surface area contributed by atoms with Crippen molar-refractivity contribution in [1.29, 1.82) is 0 Å². The minimum absolute atomic E-state index is 0. The standard InChI is InChI=1S/C17H22N4O3.ClH/c1-19-7-6-18-17(19)21-10-8-20(9-11-21)16(22)13-4-5-14(23-2)15(12-13)24-3;/h4-7,12H,8-11H2,1-3H3;1H. The molecule has 1 aliphatic heterocycles. The Morgan fingerprint density at radius 1 is 1.08 bits per heavy atom. The molecule has 1 aromatic heterocycles. The van der Waals surface area contributed by atoms with Crippen LogP contribution in [0.25, 0.3) is 0 Å². The summed E-state index contributed by atoms with van der Waals surface area (Å²) in [5.41, 5.74) is 0.609. The summed E-state index contributed by atoms with van der Waals surface area (Å²) in [6.45, 7) is 2.87. The molecule has 7 nitrogen and oxygen atoms in total. The molecule has 136 valence electrons. The number of benzene rings is 1. The van der Waals surface area contributed by atoms with Crippen LogP contribution in [0, 0.1) is 0 Å². The van der Waals surface area contributed by atoms with Gasteiger partial charge in [-0.05, 0) is 18.2 Å². The Morgan fingerprint density at radius 2 is 1.76 bits per heavy atom. The number of carbonyl (C=O) groups is 1. The third-order valence-electron chi connectivity index (χ3n) is 4.28. The number of rotatable bonds is 4. The normalized spacial score (nSPS) is 14.0. The molecule has 1 aliphatic rings. The Morgan fingerprint density at radius 3 is 2.32 bits per heavy atom. The first kappa shape index (κ1) is 18.9. The van der Waals surface area contributed by atoms with E-state index in [0.717, 1.165) is 19.0 Å². The van der Waals surface area contributed by atoms with Crippen LogP contribution in [-0.4, -0.2) is 60.8 Å². The smallest absolute Gasteiger partial charge is 0.254 e. The molecule has 0 radical (unpaired) electrons. The summed E-state index contributed by atoms with van der Waals surface area (Å²) >= 11 is 0. The molecule has 0 bridgehead atoms. The van der Waals surface area contributed by atoms with Gasteiger partial charge in [-0.1, -0.05) is 0 Å². The van der Waals surface area contributed by atoms with Gasteiger partial charge in [0.05, 0.1) is 14.2 Å². The second-order valence-corrected chi connectivity index (χ2v) is 5.69. The fraction of sp³-hybridized carbons (Fsp3) is 0.412. The summed E-state index contributed by atoms with van der Waals surface area (Å²) < 4.78 is 12.5. The van der Waals surface area contributed by atoms with Gasteiger partial charge in [0, 0.05) is 51.2 Å². The van der Waals surface area contributed by atoms with Crippen LogP contribution in [0.5, 0.6) is 11.5 Å². The van der Waals surface area contributed by atoms with Crippen molar-refractivity contribution in [1.82, 2.24) is 14.5 Å². The lowest BCUT2D eigenvalue weighted by atomic mass is 10.1. The van der Waals surface area contributed by atoms with Crippen molar-refractivity contribution in [2.45, 2.75) is 0 Å². The number of amides is 1. The first-order valence-electron chi connectivity index (χ1n) is 7.87. The fourth-order valence-electron chi connectivity index (χ4n) is 2.92. The number of anilines is 1. The molecule has 2 heterocycles. The predicted molar refractivity (Wildman–Crippen MR) is 98.1 cm³/mol. The highest BCUT2D eigenvalue weighted by atomic mass is 35.5. The van der Waals surface area contributed by atoms with E-state index in [9.17, 15) is 4.79 Å². The first-order valence-corrected chi connectivity index (χ1v) is 7.87. The molecule has 0 aliphatic carbocycles. The lowest BCUT2D eigenvalue weighted by Crippen LogP contribution is -2.49. The van der Waals surface area contributed by atoms with Gasteiger partial charge in [-0.15, -0.1) is 12.4 Å². The molecule has 1 saturated heterocycles. The Balaban J connectivity index is 0.00000225. The topological polar surface area (TPSA) is 59.8 Å². The van der Waals surface area contributed by atoms with E-state index in [1.165, 1.54) is 0 Å². The highest BCUT2D eigenvalue weighted by Gasteiger charge is 2.24. The minimum Gasteiger partial charge on any atom is -0.493 e. The van der Waals surface area contributed by atoms with Crippen molar-refractivity contribution < 1.29 is 14.3 Å². The number of hydrogen-bond acceptors (Lipinski definition) is 5. The lowest BCUT2D eigenvalue weighted by molar-refractivity contribution is 0.0745. The van der Waals surface area contributed by atoms with Crippen molar-refractivity contribution in [2.75, 3.05) is 45.3 Å². The third kappa shape index (κ3) is 3.82. The van der Waals surface area contributed by atoms with E-state index in [1.807, 2.05) is 22.7 Å². The Bertz CT molecular complexity index is 726. The molecule has 8 heteroatoms. The van der Waals surface area contributed by atoms with E-state index in [4.69, 9.17) is 9.47 Å². The number of nitrogens with zero attached hydrogens (tertiary/aromatic N) is 4. The summed E-state index contributed by atoms with van der Waals surface area (Å²) in [5, 5.41) is 0. The van der Waals surface area contributed by atoms with Crippen molar-refractivity contribution in [3.05, 3.63) is 36.2 Å². The van der Waals surface area contributed by atoms with E-state index in [0.29, 0.717) is 30.2 Å². The van der Waals surface area contributed by atoms with Crippen LogP contribution in [0.15, 0.2) is 30.6 Å². The summed E-state index contributed by atoms with van der Waals surface area (Å²) in [5.74, 6) is 2.13. The third-order valence-corrected chi connectivity index (χ3v) is 4.28. The molecule has 2 aromatic rings. The fourth-order valence-corrected chi connectivity index (χ4v) is 2.92. The second kappa shape index (κ2) is 8.11. The molecular formula is C17H23ClN4O3. The van der Waals surface area contributed by atoms with Gasteiger partial charge >= 0.3 is 0 Å². The molecular weight excluding hydrogens is 344 g/mol. The van der Waals surface area contributed by atoms with Crippen LogP contribution in [-0.2, 0) is 7.05 Å². The van der Waals surface area contributed by atoms with Crippen LogP contribution in [0.2, 0.25) is 0 Å². The van der Waals surface area contributed by atoms with Gasteiger partial charge in [0.2, 0.25) is 5.95 Å². The number of imidazole rings is 1. The molecule has 1 fully saturated rings. The van der Waals surface area contributed by atoms with Crippen LogP contribution < -0.4 is 14.4 Å². The monoisotopic (exact) mass is 366 g/mol. The van der Waals surface area contributed by atoms with Gasteiger partial charge in [-0.3, -0.25) is 4.79 Å². The van der Waals surface area contributed by atoms with Gasteiger partial charge in [-0.25, -0.2) is 4.98 Å². The van der Waals surface area contributed by atoms with E-state index in [1.54, 1.807) is 38.6 Å². The Hall–Kier alpha value is -2.41. The minimum atomic E-state index is 0. The van der Waals surface area contributed by atoms with Crippen LogP contribution in [0.1, 0.15) is 10.4 Å². The number of hydrogen-bond donors (Lipinski definition) is 0. The molecule has 1 aromatic carbocycles. The molecule has 0 N–H and O–H groups in total. The number of aromatic nitrogens is 2. The molecule has 0 spiro atoms. The zero-order chi connectivity index (χ0) is 17.1. The van der Waals surface area contributed by atoms with Crippen LogP contribution >= 0.6 is 12.4 Å². The molecule has 25 heavy (non-hydrogen) atoms. The number of methoxy groups -OCH3 is 2. The van der Waals surface area contributed by atoms with E-state index < -0.39 is 0 Å². The van der Waals surface area contributed by atoms with E-state index in [2.05, 4.69) is 9.88 Å². The molecule has 0 saturated carbocycles. The quantitative estimate of drug-likeness (QED) is 0.826. The van der Waals surface area contributed by atoms with Crippen LogP contribution in [0.3, 0.4) is 0 Å². The number of piperazine rings is 1. The highest BCUT2D eigenvalue weighted by molar-refractivity contribution is 5.95. The lowest BCUT2D eigenvalue weighted by Gasteiger charge is -2.35. The van der Waals surface area contributed by atoms with Crippen LogP contribution in [0.4, 0.5) is 5.95 Å². The maximum Gasteiger partial charge on any atom is 0.254 e. The van der Waals surface area contributed by atoms with Crippen molar-refractivity contribution in [2.24, 2.45) is 7.05 Å². The molecule has 0 unspecified atom stereocenters. The number of ether oxygens (including phenoxy) is 2. The molecule has 1 amide bonds. The SMILES string of the molecule is COc1ccc(C(=O)N2CCN(c3nccn3C)CC2)cc1OC.Cl. The maximum absolute atomic E-state index is 12.7. The van der Waals surface area contributed by atoms with Crippen molar-refractivity contribution in [3.8, 4) is 11.5 Å². The molecule has 3 rings (SSSR count). The largest absolute Gasteiger partial charge is 0.493 e. The van der Waals surface area contributed by atoms with Gasteiger partial charge in [0.1, 0.15) is 0 Å². The Kier molecular flexibility index (Phi) is 6.14. The zero-order valence-corrected chi connectivity index (χ0v) is 15.5. The van der Waals surface area contributed by atoms with Gasteiger partial charge in [0.25, 0.3) is 5.91 Å². The van der Waals surface area contributed by atoms with Crippen molar-refractivity contribution >= 4 is 24.3 Å².